The lowest BCUT2D eigenvalue weighted by Gasteiger charge is -2.05. The summed E-state index contributed by atoms with van der Waals surface area (Å²) in [6, 6.07) is 8.28. The third-order valence-corrected chi connectivity index (χ3v) is 4.82. The number of benzene rings is 1. The van der Waals surface area contributed by atoms with Crippen molar-refractivity contribution in [2.75, 3.05) is 5.32 Å². The van der Waals surface area contributed by atoms with Crippen molar-refractivity contribution in [3.8, 4) is 6.07 Å². The summed E-state index contributed by atoms with van der Waals surface area (Å²) in [6.07, 6.45) is 0. The van der Waals surface area contributed by atoms with Crippen molar-refractivity contribution in [3.05, 3.63) is 54.2 Å². The average molecular weight is 352 g/mol. The fourth-order valence-corrected chi connectivity index (χ4v) is 3.23. The van der Waals surface area contributed by atoms with E-state index in [9.17, 15) is 10.1 Å². The van der Waals surface area contributed by atoms with Crippen LogP contribution in [0.3, 0.4) is 0 Å². The maximum Gasteiger partial charge on any atom is 0.293 e. The number of nitro benzene ring substituents is 1. The predicted molar refractivity (Wildman–Crippen MR) is 81.9 cm³/mol. The molecule has 2 rings (SSSR count). The van der Waals surface area contributed by atoms with Crippen LogP contribution in [0.15, 0.2) is 28.7 Å². The number of anilines is 1. The molecule has 102 valence electrons. The van der Waals surface area contributed by atoms with E-state index in [1.165, 1.54) is 6.07 Å². The van der Waals surface area contributed by atoms with Gasteiger partial charge in [0.25, 0.3) is 5.69 Å². The van der Waals surface area contributed by atoms with E-state index in [2.05, 4.69) is 21.2 Å². The Morgan fingerprint density at radius 3 is 2.80 bits per heavy atom. The monoisotopic (exact) mass is 351 g/mol. The van der Waals surface area contributed by atoms with Crippen LogP contribution in [0.25, 0.3) is 0 Å². The van der Waals surface area contributed by atoms with Gasteiger partial charge in [-0.25, -0.2) is 0 Å². The van der Waals surface area contributed by atoms with Gasteiger partial charge in [0.2, 0.25) is 0 Å². The Bertz CT molecular complexity index is 687. The van der Waals surface area contributed by atoms with Gasteiger partial charge in [0.15, 0.2) is 0 Å². The zero-order chi connectivity index (χ0) is 14.7. The molecule has 0 amide bonds. The molecule has 1 aromatic heterocycles. The SMILES string of the molecule is Cc1sc(CNc2ccc(C#N)cc2[N+](=O)[O-])cc1Br. The summed E-state index contributed by atoms with van der Waals surface area (Å²) < 4.78 is 1.04. The Morgan fingerprint density at radius 2 is 2.25 bits per heavy atom. The van der Waals surface area contributed by atoms with Gasteiger partial charge in [-0.2, -0.15) is 5.26 Å². The molecule has 2 aromatic rings. The van der Waals surface area contributed by atoms with E-state index < -0.39 is 4.92 Å². The average Bonchev–Trinajstić information content (AvgIpc) is 2.75. The van der Waals surface area contributed by atoms with Crippen molar-refractivity contribution in [3.63, 3.8) is 0 Å². The smallest absolute Gasteiger partial charge is 0.293 e. The van der Waals surface area contributed by atoms with E-state index in [-0.39, 0.29) is 11.3 Å². The number of nitriles is 1. The van der Waals surface area contributed by atoms with Crippen molar-refractivity contribution in [2.45, 2.75) is 13.5 Å². The number of nitrogens with one attached hydrogen (secondary N) is 1. The standard InChI is InChI=1S/C13H10BrN3O2S/c1-8-11(14)5-10(20-8)7-16-12-3-2-9(6-15)4-13(12)17(18)19/h2-5,16H,7H2,1H3. The van der Waals surface area contributed by atoms with Gasteiger partial charge in [0.05, 0.1) is 16.6 Å². The van der Waals surface area contributed by atoms with Crippen molar-refractivity contribution in [1.29, 1.82) is 5.26 Å². The molecule has 0 fully saturated rings. The molecule has 0 aliphatic carbocycles. The number of hydrogen-bond donors (Lipinski definition) is 1. The summed E-state index contributed by atoms with van der Waals surface area (Å²) in [6.45, 7) is 2.51. The number of nitrogens with zero attached hydrogens (tertiary/aromatic N) is 2. The third kappa shape index (κ3) is 3.15. The number of nitro groups is 1. The van der Waals surface area contributed by atoms with Gasteiger partial charge in [-0.05, 0) is 41.1 Å². The highest BCUT2D eigenvalue weighted by Crippen LogP contribution is 2.29. The molecule has 20 heavy (non-hydrogen) atoms. The van der Waals surface area contributed by atoms with Gasteiger partial charge >= 0.3 is 0 Å². The molecule has 5 nitrogen and oxygen atoms in total. The van der Waals surface area contributed by atoms with Gasteiger partial charge in [0.1, 0.15) is 5.69 Å². The van der Waals surface area contributed by atoms with Gasteiger partial charge < -0.3 is 5.32 Å². The molecule has 0 unspecified atom stereocenters. The molecule has 0 aliphatic heterocycles. The zero-order valence-electron chi connectivity index (χ0n) is 10.5. The summed E-state index contributed by atoms with van der Waals surface area (Å²) in [4.78, 5) is 12.8. The lowest BCUT2D eigenvalue weighted by atomic mass is 10.2. The normalized spacial score (nSPS) is 10.1. The summed E-state index contributed by atoms with van der Waals surface area (Å²) in [7, 11) is 0. The molecular weight excluding hydrogens is 342 g/mol. The van der Waals surface area contributed by atoms with Crippen LogP contribution in [0.2, 0.25) is 0 Å². The Labute approximate surface area is 128 Å². The molecule has 0 radical (unpaired) electrons. The molecule has 0 spiro atoms. The Kier molecular flexibility index (Phi) is 4.37. The van der Waals surface area contributed by atoms with Crippen molar-refractivity contribution >= 4 is 38.6 Å². The molecule has 0 aliphatic rings. The highest BCUT2D eigenvalue weighted by molar-refractivity contribution is 9.10. The van der Waals surface area contributed by atoms with Crippen LogP contribution in [0, 0.1) is 28.4 Å². The van der Waals surface area contributed by atoms with Crippen molar-refractivity contribution in [1.82, 2.24) is 0 Å². The maximum atomic E-state index is 11.0. The van der Waals surface area contributed by atoms with Crippen molar-refractivity contribution < 1.29 is 4.92 Å². The number of rotatable bonds is 4. The molecule has 0 saturated carbocycles. The first-order chi connectivity index (χ1) is 9.51. The molecule has 7 heteroatoms. The minimum absolute atomic E-state index is 0.0867. The van der Waals surface area contributed by atoms with E-state index in [0.29, 0.717) is 12.2 Å². The van der Waals surface area contributed by atoms with Crippen LogP contribution in [0.5, 0.6) is 0 Å². The summed E-state index contributed by atoms with van der Waals surface area (Å²) in [5.74, 6) is 0. The quantitative estimate of drug-likeness (QED) is 0.660. The first kappa shape index (κ1) is 14.5. The van der Waals surface area contributed by atoms with Crippen LogP contribution in [0.4, 0.5) is 11.4 Å². The predicted octanol–water partition coefficient (Wildman–Crippen LogP) is 4.21. The summed E-state index contributed by atoms with van der Waals surface area (Å²) in [5.41, 5.74) is 0.601. The molecule has 0 saturated heterocycles. The Balaban J connectivity index is 2.21. The van der Waals surface area contributed by atoms with Crippen LogP contribution in [-0.2, 0) is 6.54 Å². The van der Waals surface area contributed by atoms with E-state index in [1.807, 2.05) is 19.1 Å². The number of hydrogen-bond acceptors (Lipinski definition) is 5. The fraction of sp³-hybridized carbons (Fsp3) is 0.154. The number of aryl methyl sites for hydroxylation is 1. The minimum Gasteiger partial charge on any atom is -0.375 e. The van der Waals surface area contributed by atoms with E-state index in [1.54, 1.807) is 23.5 Å². The van der Waals surface area contributed by atoms with Crippen LogP contribution < -0.4 is 5.32 Å². The van der Waals surface area contributed by atoms with Gasteiger partial charge in [0, 0.05) is 26.8 Å². The molecule has 0 atom stereocenters. The zero-order valence-corrected chi connectivity index (χ0v) is 12.9. The van der Waals surface area contributed by atoms with Gasteiger partial charge in [-0.3, -0.25) is 10.1 Å². The molecular formula is C13H10BrN3O2S. The molecule has 1 heterocycles. The lowest BCUT2D eigenvalue weighted by Crippen LogP contribution is -2.01. The second kappa shape index (κ2) is 6.03. The van der Waals surface area contributed by atoms with Crippen LogP contribution >= 0.6 is 27.3 Å². The first-order valence-electron chi connectivity index (χ1n) is 5.68. The van der Waals surface area contributed by atoms with E-state index in [0.717, 1.165) is 14.2 Å². The second-order valence-corrected chi connectivity index (χ2v) is 6.27. The lowest BCUT2D eigenvalue weighted by molar-refractivity contribution is -0.384. The van der Waals surface area contributed by atoms with Crippen LogP contribution in [0.1, 0.15) is 15.3 Å². The van der Waals surface area contributed by atoms with E-state index >= 15 is 0 Å². The maximum absolute atomic E-state index is 11.0. The number of halogens is 1. The Morgan fingerprint density at radius 1 is 1.50 bits per heavy atom. The summed E-state index contributed by atoms with van der Waals surface area (Å²) >= 11 is 5.06. The van der Waals surface area contributed by atoms with Crippen molar-refractivity contribution in [2.24, 2.45) is 0 Å². The van der Waals surface area contributed by atoms with E-state index in [4.69, 9.17) is 5.26 Å². The van der Waals surface area contributed by atoms with Gasteiger partial charge in [-0.15, -0.1) is 11.3 Å². The molecule has 1 aromatic carbocycles. The highest BCUT2D eigenvalue weighted by atomic mass is 79.9. The Hall–Kier alpha value is -1.91. The minimum atomic E-state index is -0.487. The number of thiophene rings is 1. The third-order valence-electron chi connectivity index (χ3n) is 2.68. The first-order valence-corrected chi connectivity index (χ1v) is 7.29. The van der Waals surface area contributed by atoms with Gasteiger partial charge in [-0.1, -0.05) is 0 Å². The second-order valence-electron chi connectivity index (χ2n) is 4.07. The molecule has 1 N–H and O–H groups in total. The highest BCUT2D eigenvalue weighted by Gasteiger charge is 2.14. The topological polar surface area (TPSA) is 79.0 Å². The van der Waals surface area contributed by atoms with Crippen LogP contribution in [-0.4, -0.2) is 4.92 Å². The molecule has 0 bridgehead atoms. The largest absolute Gasteiger partial charge is 0.375 e. The fourth-order valence-electron chi connectivity index (χ4n) is 1.69. The summed E-state index contributed by atoms with van der Waals surface area (Å²) in [5, 5.41) is 22.8.